The predicted octanol–water partition coefficient (Wildman–Crippen LogP) is 2.58. The SMILES string of the molecule is CCN(CC)C(=O)COc1ccc(-n2nc(C)c3c(=O)[nH]c(C)cc32)cc1. The minimum atomic E-state index is -0.136. The van der Waals surface area contributed by atoms with Crippen LogP contribution in [0.5, 0.6) is 5.75 Å². The fraction of sp³-hybridized carbons (Fsp3) is 0.350. The molecule has 0 radical (unpaired) electrons. The van der Waals surface area contributed by atoms with Gasteiger partial charge in [0.25, 0.3) is 11.5 Å². The van der Waals surface area contributed by atoms with E-state index in [-0.39, 0.29) is 18.1 Å². The highest BCUT2D eigenvalue weighted by molar-refractivity contribution is 5.82. The number of pyridine rings is 1. The van der Waals surface area contributed by atoms with Gasteiger partial charge in [-0.1, -0.05) is 0 Å². The number of carbonyl (C=O) groups is 1. The molecule has 0 saturated carbocycles. The van der Waals surface area contributed by atoms with Gasteiger partial charge in [-0.05, 0) is 58.0 Å². The predicted molar refractivity (Wildman–Crippen MR) is 105 cm³/mol. The van der Waals surface area contributed by atoms with Gasteiger partial charge in [0.05, 0.1) is 22.3 Å². The number of aryl methyl sites for hydroxylation is 2. The van der Waals surface area contributed by atoms with E-state index in [1.807, 2.05) is 45.9 Å². The van der Waals surface area contributed by atoms with Crippen molar-refractivity contribution in [3.63, 3.8) is 0 Å². The maximum atomic E-state index is 12.2. The zero-order chi connectivity index (χ0) is 19.6. The summed E-state index contributed by atoms with van der Waals surface area (Å²) in [6.45, 7) is 8.90. The van der Waals surface area contributed by atoms with Crippen molar-refractivity contribution < 1.29 is 9.53 Å². The lowest BCUT2D eigenvalue weighted by atomic mass is 10.2. The molecule has 0 spiro atoms. The molecule has 142 valence electrons. The summed E-state index contributed by atoms with van der Waals surface area (Å²) in [5.74, 6) is 0.578. The van der Waals surface area contributed by atoms with E-state index in [0.29, 0.717) is 29.9 Å². The smallest absolute Gasteiger partial charge is 0.260 e. The minimum absolute atomic E-state index is 0.0133. The third kappa shape index (κ3) is 3.72. The molecule has 0 atom stereocenters. The third-order valence-corrected chi connectivity index (χ3v) is 4.55. The van der Waals surface area contributed by atoms with Gasteiger partial charge >= 0.3 is 0 Å². The molecule has 1 amide bonds. The first-order valence-electron chi connectivity index (χ1n) is 9.04. The largest absolute Gasteiger partial charge is 0.484 e. The van der Waals surface area contributed by atoms with Gasteiger partial charge in [0.15, 0.2) is 6.61 Å². The number of fused-ring (bicyclic) bond motifs is 1. The molecule has 0 aliphatic heterocycles. The van der Waals surface area contributed by atoms with Crippen molar-refractivity contribution in [1.82, 2.24) is 19.7 Å². The van der Waals surface area contributed by atoms with Crippen molar-refractivity contribution in [3.05, 3.63) is 52.1 Å². The zero-order valence-electron chi connectivity index (χ0n) is 16.1. The second kappa shape index (κ2) is 7.65. The second-order valence-corrected chi connectivity index (χ2v) is 6.39. The van der Waals surface area contributed by atoms with E-state index in [2.05, 4.69) is 10.1 Å². The van der Waals surface area contributed by atoms with Crippen LogP contribution >= 0.6 is 0 Å². The van der Waals surface area contributed by atoms with Crippen molar-refractivity contribution in [1.29, 1.82) is 0 Å². The number of ether oxygens (including phenoxy) is 1. The molecule has 2 heterocycles. The van der Waals surface area contributed by atoms with Gasteiger partial charge < -0.3 is 14.6 Å². The molecule has 3 aromatic rings. The first kappa shape index (κ1) is 18.7. The molecule has 7 heteroatoms. The van der Waals surface area contributed by atoms with Crippen LogP contribution in [-0.2, 0) is 4.79 Å². The Morgan fingerprint density at radius 2 is 1.85 bits per heavy atom. The van der Waals surface area contributed by atoms with Gasteiger partial charge in [-0.15, -0.1) is 0 Å². The second-order valence-electron chi connectivity index (χ2n) is 6.39. The Kier molecular flexibility index (Phi) is 5.30. The van der Waals surface area contributed by atoms with Crippen LogP contribution in [0.25, 0.3) is 16.6 Å². The molecule has 0 fully saturated rings. The molecular weight excluding hydrogens is 344 g/mol. The van der Waals surface area contributed by atoms with E-state index < -0.39 is 0 Å². The first-order chi connectivity index (χ1) is 12.9. The van der Waals surface area contributed by atoms with Crippen LogP contribution in [0.15, 0.2) is 35.1 Å². The lowest BCUT2D eigenvalue weighted by molar-refractivity contribution is -0.132. The van der Waals surface area contributed by atoms with Gasteiger partial charge in [0.1, 0.15) is 5.75 Å². The maximum Gasteiger partial charge on any atom is 0.260 e. The highest BCUT2D eigenvalue weighted by atomic mass is 16.5. The van der Waals surface area contributed by atoms with Gasteiger partial charge in [-0.25, -0.2) is 4.68 Å². The van der Waals surface area contributed by atoms with Crippen LogP contribution in [0.1, 0.15) is 25.2 Å². The Bertz CT molecular complexity index is 1010. The molecule has 0 aliphatic rings. The fourth-order valence-electron chi connectivity index (χ4n) is 3.13. The Hall–Kier alpha value is -3.09. The standard InChI is InChI=1S/C20H24N4O3/c1-5-23(6-2)18(25)12-27-16-9-7-15(8-10-16)24-17-11-13(3)21-20(26)19(17)14(4)22-24/h7-11H,5-6,12H2,1-4H3,(H,21,26). The van der Waals surface area contributed by atoms with E-state index in [4.69, 9.17) is 4.74 Å². The lowest BCUT2D eigenvalue weighted by Gasteiger charge is -2.18. The number of likely N-dealkylation sites (N-methyl/N-ethyl adjacent to an activating group) is 1. The number of aromatic amines is 1. The molecule has 0 bridgehead atoms. The van der Waals surface area contributed by atoms with Crippen molar-refractivity contribution in [2.45, 2.75) is 27.7 Å². The van der Waals surface area contributed by atoms with Crippen LogP contribution < -0.4 is 10.3 Å². The van der Waals surface area contributed by atoms with Crippen LogP contribution in [0.2, 0.25) is 0 Å². The van der Waals surface area contributed by atoms with Crippen molar-refractivity contribution in [2.24, 2.45) is 0 Å². The molecule has 2 aromatic heterocycles. The molecule has 0 saturated heterocycles. The quantitative estimate of drug-likeness (QED) is 0.725. The Morgan fingerprint density at radius 3 is 2.48 bits per heavy atom. The van der Waals surface area contributed by atoms with Crippen LogP contribution in [0.3, 0.4) is 0 Å². The average Bonchev–Trinajstić information content (AvgIpc) is 2.98. The summed E-state index contributed by atoms with van der Waals surface area (Å²) >= 11 is 0. The van der Waals surface area contributed by atoms with Crippen LogP contribution in [-0.4, -0.2) is 45.3 Å². The summed E-state index contributed by atoms with van der Waals surface area (Å²) in [5, 5.41) is 5.09. The Balaban J connectivity index is 1.83. The van der Waals surface area contributed by atoms with E-state index in [9.17, 15) is 9.59 Å². The topological polar surface area (TPSA) is 80.2 Å². The summed E-state index contributed by atoms with van der Waals surface area (Å²) in [6, 6.07) is 9.23. The number of rotatable bonds is 6. The number of aromatic nitrogens is 3. The van der Waals surface area contributed by atoms with E-state index in [1.54, 1.807) is 21.7 Å². The number of nitrogens with one attached hydrogen (secondary N) is 1. The molecule has 3 rings (SSSR count). The number of H-pyrrole nitrogens is 1. The number of benzene rings is 1. The molecule has 7 nitrogen and oxygen atoms in total. The van der Waals surface area contributed by atoms with Crippen molar-refractivity contribution >= 4 is 16.8 Å². The third-order valence-electron chi connectivity index (χ3n) is 4.55. The van der Waals surface area contributed by atoms with Gasteiger partial charge in [-0.3, -0.25) is 9.59 Å². The summed E-state index contributed by atoms with van der Waals surface area (Å²) in [6.07, 6.45) is 0. The van der Waals surface area contributed by atoms with Gasteiger partial charge in [0.2, 0.25) is 0 Å². The van der Waals surface area contributed by atoms with Gasteiger partial charge in [-0.2, -0.15) is 5.10 Å². The molecule has 1 N–H and O–H groups in total. The summed E-state index contributed by atoms with van der Waals surface area (Å²) in [4.78, 5) is 28.8. The number of hydrogen-bond acceptors (Lipinski definition) is 4. The number of hydrogen-bond donors (Lipinski definition) is 1. The summed E-state index contributed by atoms with van der Waals surface area (Å²) < 4.78 is 7.35. The Morgan fingerprint density at radius 1 is 1.19 bits per heavy atom. The normalized spacial score (nSPS) is 11.0. The fourth-order valence-corrected chi connectivity index (χ4v) is 3.13. The first-order valence-corrected chi connectivity index (χ1v) is 9.04. The van der Waals surface area contributed by atoms with Crippen LogP contribution in [0.4, 0.5) is 0 Å². The molecule has 0 aliphatic carbocycles. The van der Waals surface area contributed by atoms with E-state index in [0.717, 1.165) is 16.9 Å². The summed E-state index contributed by atoms with van der Waals surface area (Å²) in [5.41, 5.74) is 2.91. The molecule has 1 aromatic carbocycles. The highest BCUT2D eigenvalue weighted by Crippen LogP contribution is 2.21. The number of nitrogens with zero attached hydrogens (tertiary/aromatic N) is 3. The lowest BCUT2D eigenvalue weighted by Crippen LogP contribution is -2.34. The van der Waals surface area contributed by atoms with Crippen molar-refractivity contribution in [2.75, 3.05) is 19.7 Å². The minimum Gasteiger partial charge on any atom is -0.484 e. The Labute approximate surface area is 157 Å². The van der Waals surface area contributed by atoms with Crippen molar-refractivity contribution in [3.8, 4) is 11.4 Å². The summed E-state index contributed by atoms with van der Waals surface area (Å²) in [7, 11) is 0. The van der Waals surface area contributed by atoms with E-state index >= 15 is 0 Å². The monoisotopic (exact) mass is 368 g/mol. The number of amides is 1. The maximum absolute atomic E-state index is 12.2. The molecular formula is C20H24N4O3. The highest BCUT2D eigenvalue weighted by Gasteiger charge is 2.13. The number of carbonyl (C=O) groups excluding carboxylic acids is 1. The average molecular weight is 368 g/mol. The van der Waals surface area contributed by atoms with Gasteiger partial charge in [0, 0.05) is 18.8 Å². The molecule has 0 unspecified atom stereocenters. The zero-order valence-corrected chi connectivity index (χ0v) is 16.1. The van der Waals surface area contributed by atoms with E-state index in [1.165, 1.54) is 0 Å². The van der Waals surface area contributed by atoms with Crippen LogP contribution in [0, 0.1) is 13.8 Å². The molecule has 27 heavy (non-hydrogen) atoms.